The van der Waals surface area contributed by atoms with Crippen LogP contribution in [-0.2, 0) is 6.42 Å². The Morgan fingerprint density at radius 1 is 1.44 bits per heavy atom. The molecule has 0 spiro atoms. The van der Waals surface area contributed by atoms with Gasteiger partial charge in [0.05, 0.1) is 7.11 Å². The second-order valence-corrected chi connectivity index (χ2v) is 5.56. The summed E-state index contributed by atoms with van der Waals surface area (Å²) >= 11 is 5.96. The zero-order valence-electron chi connectivity index (χ0n) is 10.6. The second-order valence-electron chi connectivity index (χ2n) is 5.12. The van der Waals surface area contributed by atoms with E-state index in [1.807, 2.05) is 0 Å². The van der Waals surface area contributed by atoms with Crippen LogP contribution in [0, 0.1) is 0 Å². The number of rotatable bonds is 3. The maximum atomic E-state index is 14.7. The van der Waals surface area contributed by atoms with E-state index in [1.54, 1.807) is 25.3 Å². The average molecular weight is 272 g/mol. The van der Waals surface area contributed by atoms with Crippen molar-refractivity contribution in [1.29, 1.82) is 0 Å². The summed E-state index contributed by atoms with van der Waals surface area (Å²) in [5.41, 5.74) is 5.48. The van der Waals surface area contributed by atoms with Gasteiger partial charge < -0.3 is 10.5 Å². The van der Waals surface area contributed by atoms with Crippen molar-refractivity contribution >= 4 is 11.6 Å². The van der Waals surface area contributed by atoms with Crippen LogP contribution >= 0.6 is 11.6 Å². The minimum absolute atomic E-state index is 0.148. The first kappa shape index (κ1) is 13.6. The fourth-order valence-corrected chi connectivity index (χ4v) is 2.76. The van der Waals surface area contributed by atoms with Crippen molar-refractivity contribution in [1.82, 2.24) is 0 Å². The molecular weight excluding hydrogens is 253 g/mol. The Morgan fingerprint density at radius 2 is 2.11 bits per heavy atom. The van der Waals surface area contributed by atoms with E-state index in [1.165, 1.54) is 0 Å². The largest absolute Gasteiger partial charge is 0.496 e. The van der Waals surface area contributed by atoms with Crippen LogP contribution in [0.4, 0.5) is 4.39 Å². The molecule has 0 unspecified atom stereocenters. The number of hydrogen-bond donors (Lipinski definition) is 1. The molecule has 0 aromatic heterocycles. The van der Waals surface area contributed by atoms with Gasteiger partial charge in [-0.15, -0.1) is 0 Å². The van der Waals surface area contributed by atoms with Crippen molar-refractivity contribution in [2.24, 2.45) is 5.73 Å². The van der Waals surface area contributed by atoms with E-state index >= 15 is 0 Å². The van der Waals surface area contributed by atoms with Crippen LogP contribution in [0.25, 0.3) is 0 Å². The zero-order valence-corrected chi connectivity index (χ0v) is 11.3. The van der Waals surface area contributed by atoms with Crippen molar-refractivity contribution < 1.29 is 9.13 Å². The highest BCUT2D eigenvalue weighted by atomic mass is 35.5. The Labute approximate surface area is 112 Å². The third kappa shape index (κ3) is 3.15. The Bertz CT molecular complexity index is 416. The Kier molecular flexibility index (Phi) is 4.13. The quantitative estimate of drug-likeness (QED) is 0.913. The molecule has 2 N–H and O–H groups in total. The molecule has 4 heteroatoms. The van der Waals surface area contributed by atoms with Crippen molar-refractivity contribution in [3.8, 4) is 5.75 Å². The minimum Gasteiger partial charge on any atom is -0.496 e. The van der Waals surface area contributed by atoms with Gasteiger partial charge in [-0.25, -0.2) is 4.39 Å². The molecule has 0 bridgehead atoms. The summed E-state index contributed by atoms with van der Waals surface area (Å²) in [5.74, 6) is 0.700. The van der Waals surface area contributed by atoms with Gasteiger partial charge >= 0.3 is 0 Å². The average Bonchev–Trinajstić information content (AvgIpc) is 2.34. The van der Waals surface area contributed by atoms with E-state index in [0.29, 0.717) is 30.0 Å². The SMILES string of the molecule is COc1ccc(Cl)cc1CC1(F)CCC(N)CC1. The predicted octanol–water partition coefficient (Wildman–Crippen LogP) is 3.50. The highest BCUT2D eigenvalue weighted by Gasteiger charge is 2.35. The Morgan fingerprint density at radius 3 is 2.72 bits per heavy atom. The lowest BCUT2D eigenvalue weighted by molar-refractivity contribution is 0.0987. The highest BCUT2D eigenvalue weighted by Crippen LogP contribution is 2.37. The summed E-state index contributed by atoms with van der Waals surface area (Å²) in [7, 11) is 1.59. The van der Waals surface area contributed by atoms with Crippen LogP contribution in [0.2, 0.25) is 5.02 Å². The van der Waals surface area contributed by atoms with Gasteiger partial charge in [-0.3, -0.25) is 0 Å². The summed E-state index contributed by atoms with van der Waals surface area (Å²) in [6, 6.07) is 5.48. The lowest BCUT2D eigenvalue weighted by Gasteiger charge is -2.32. The molecular formula is C14H19ClFNO. The Balaban J connectivity index is 2.15. The van der Waals surface area contributed by atoms with Crippen molar-refractivity contribution in [2.45, 2.75) is 43.8 Å². The van der Waals surface area contributed by atoms with Gasteiger partial charge in [-0.2, -0.15) is 0 Å². The summed E-state index contributed by atoms with van der Waals surface area (Å²) in [6.45, 7) is 0. The second kappa shape index (κ2) is 5.45. The molecule has 2 rings (SSSR count). The van der Waals surface area contributed by atoms with E-state index in [-0.39, 0.29) is 6.04 Å². The lowest BCUT2D eigenvalue weighted by Crippen LogP contribution is -2.37. The normalized spacial score (nSPS) is 28.1. The van der Waals surface area contributed by atoms with E-state index in [9.17, 15) is 4.39 Å². The molecule has 18 heavy (non-hydrogen) atoms. The van der Waals surface area contributed by atoms with Crippen LogP contribution < -0.4 is 10.5 Å². The molecule has 1 aromatic carbocycles. The van der Waals surface area contributed by atoms with Gasteiger partial charge in [0, 0.05) is 17.5 Å². The van der Waals surface area contributed by atoms with E-state index < -0.39 is 5.67 Å². The van der Waals surface area contributed by atoms with Crippen LogP contribution in [0.5, 0.6) is 5.75 Å². The number of ether oxygens (including phenoxy) is 1. The summed E-state index contributed by atoms with van der Waals surface area (Å²) < 4.78 is 20.0. The maximum absolute atomic E-state index is 14.7. The van der Waals surface area contributed by atoms with Gasteiger partial charge in [-0.1, -0.05) is 11.6 Å². The van der Waals surface area contributed by atoms with E-state index in [0.717, 1.165) is 18.4 Å². The number of methoxy groups -OCH3 is 1. The maximum Gasteiger partial charge on any atom is 0.122 e. The molecule has 100 valence electrons. The number of hydrogen-bond acceptors (Lipinski definition) is 2. The van der Waals surface area contributed by atoms with Crippen LogP contribution in [0.1, 0.15) is 31.2 Å². The van der Waals surface area contributed by atoms with Crippen molar-refractivity contribution in [3.05, 3.63) is 28.8 Å². The fourth-order valence-electron chi connectivity index (χ4n) is 2.56. The highest BCUT2D eigenvalue weighted by molar-refractivity contribution is 6.30. The summed E-state index contributed by atoms with van der Waals surface area (Å²) in [6.07, 6.45) is 2.88. The molecule has 1 aromatic rings. The summed E-state index contributed by atoms with van der Waals surface area (Å²) in [5, 5.41) is 0.613. The lowest BCUT2D eigenvalue weighted by atomic mass is 9.80. The van der Waals surface area contributed by atoms with Crippen LogP contribution in [0.15, 0.2) is 18.2 Å². The monoisotopic (exact) mass is 271 g/mol. The molecule has 0 atom stereocenters. The zero-order chi connectivity index (χ0) is 13.2. The number of halogens is 2. The number of alkyl halides is 1. The van der Waals surface area contributed by atoms with E-state index in [4.69, 9.17) is 22.1 Å². The molecule has 0 radical (unpaired) electrons. The third-order valence-electron chi connectivity index (χ3n) is 3.68. The van der Waals surface area contributed by atoms with Gasteiger partial charge in [0.25, 0.3) is 0 Å². The molecule has 2 nitrogen and oxygen atoms in total. The minimum atomic E-state index is -1.17. The number of benzene rings is 1. The fraction of sp³-hybridized carbons (Fsp3) is 0.571. The van der Waals surface area contributed by atoms with Crippen LogP contribution in [0.3, 0.4) is 0 Å². The first-order valence-electron chi connectivity index (χ1n) is 6.29. The first-order valence-corrected chi connectivity index (χ1v) is 6.67. The molecule has 0 amide bonds. The molecule has 0 aliphatic heterocycles. The molecule has 1 fully saturated rings. The van der Waals surface area contributed by atoms with Gasteiger partial charge in [0.2, 0.25) is 0 Å². The smallest absolute Gasteiger partial charge is 0.122 e. The summed E-state index contributed by atoms with van der Waals surface area (Å²) in [4.78, 5) is 0. The molecule has 1 aliphatic rings. The van der Waals surface area contributed by atoms with Gasteiger partial charge in [0.1, 0.15) is 11.4 Å². The van der Waals surface area contributed by atoms with Crippen molar-refractivity contribution in [3.63, 3.8) is 0 Å². The predicted molar refractivity (Wildman–Crippen MR) is 72.0 cm³/mol. The Hall–Kier alpha value is -0.800. The standard InChI is InChI=1S/C14H19ClFNO/c1-18-13-3-2-11(15)8-10(13)9-14(16)6-4-12(17)5-7-14/h2-3,8,12H,4-7,9,17H2,1H3. The van der Waals surface area contributed by atoms with Gasteiger partial charge in [0.15, 0.2) is 0 Å². The van der Waals surface area contributed by atoms with Crippen LogP contribution in [-0.4, -0.2) is 18.8 Å². The van der Waals surface area contributed by atoms with Crippen molar-refractivity contribution in [2.75, 3.05) is 7.11 Å². The topological polar surface area (TPSA) is 35.2 Å². The first-order chi connectivity index (χ1) is 8.52. The molecule has 0 heterocycles. The molecule has 1 aliphatic carbocycles. The number of nitrogens with two attached hydrogens (primary N) is 1. The van der Waals surface area contributed by atoms with Gasteiger partial charge in [-0.05, 0) is 49.4 Å². The van der Waals surface area contributed by atoms with E-state index in [2.05, 4.69) is 0 Å². The third-order valence-corrected chi connectivity index (χ3v) is 3.91. The molecule has 1 saturated carbocycles. The molecule has 0 saturated heterocycles.